The van der Waals surface area contributed by atoms with E-state index in [9.17, 15) is 4.79 Å². The number of anilines is 2. The molecule has 0 aliphatic carbocycles. The minimum atomic E-state index is -0.166. The summed E-state index contributed by atoms with van der Waals surface area (Å²) < 4.78 is 5.49. The van der Waals surface area contributed by atoms with Crippen molar-refractivity contribution >= 4 is 17.3 Å². The quantitative estimate of drug-likeness (QED) is 0.563. The fourth-order valence-electron chi connectivity index (χ4n) is 1.78. The number of nitrogens with two attached hydrogens (primary N) is 1. The van der Waals surface area contributed by atoms with E-state index in [1.807, 2.05) is 24.3 Å². The lowest BCUT2D eigenvalue weighted by Gasteiger charge is -2.08. The molecule has 5 heteroatoms. The van der Waals surface area contributed by atoms with Crippen LogP contribution >= 0.6 is 0 Å². The predicted octanol–water partition coefficient (Wildman–Crippen LogP) is 3.01. The van der Waals surface area contributed by atoms with Gasteiger partial charge in [0.2, 0.25) is 0 Å². The van der Waals surface area contributed by atoms with Crippen LogP contribution in [0.15, 0.2) is 48.5 Å². The van der Waals surface area contributed by atoms with E-state index in [1.54, 1.807) is 24.3 Å². The number of nitrogen functional groups attached to an aromatic ring is 1. The van der Waals surface area contributed by atoms with E-state index in [2.05, 4.69) is 17.7 Å². The van der Waals surface area contributed by atoms with Gasteiger partial charge in [-0.15, -0.1) is 0 Å². The first kappa shape index (κ1) is 14.9. The first-order valence-electron chi connectivity index (χ1n) is 6.84. The number of hydrogen-bond donors (Lipinski definition) is 3. The van der Waals surface area contributed by atoms with Gasteiger partial charge in [0, 0.05) is 16.9 Å². The van der Waals surface area contributed by atoms with Gasteiger partial charge in [-0.25, -0.2) is 0 Å². The third kappa shape index (κ3) is 4.22. The van der Waals surface area contributed by atoms with Crippen LogP contribution in [0.4, 0.5) is 11.4 Å². The summed E-state index contributed by atoms with van der Waals surface area (Å²) in [6, 6.07) is 14.2. The lowest BCUT2D eigenvalue weighted by Crippen LogP contribution is -2.12. The van der Waals surface area contributed by atoms with Crippen LogP contribution in [-0.2, 0) is 0 Å². The van der Waals surface area contributed by atoms with Crippen molar-refractivity contribution in [2.45, 2.75) is 13.3 Å². The minimum absolute atomic E-state index is 0.166. The van der Waals surface area contributed by atoms with E-state index < -0.39 is 0 Å². The smallest absolute Gasteiger partial charge is 0.255 e. The minimum Gasteiger partial charge on any atom is -0.494 e. The van der Waals surface area contributed by atoms with Gasteiger partial charge >= 0.3 is 0 Å². The first-order chi connectivity index (χ1) is 10.2. The number of rotatable bonds is 6. The third-order valence-corrected chi connectivity index (χ3v) is 2.90. The van der Waals surface area contributed by atoms with Crippen LogP contribution in [0, 0.1) is 0 Å². The van der Waals surface area contributed by atoms with Crippen LogP contribution in [0.25, 0.3) is 0 Å². The van der Waals surface area contributed by atoms with Crippen molar-refractivity contribution in [1.29, 1.82) is 0 Å². The molecule has 21 heavy (non-hydrogen) atoms. The average molecular weight is 285 g/mol. The van der Waals surface area contributed by atoms with Crippen LogP contribution in [0.1, 0.15) is 23.7 Å². The number of carbonyl (C=O) groups excluding carboxylic acids is 1. The summed E-state index contributed by atoms with van der Waals surface area (Å²) >= 11 is 0. The Labute approximate surface area is 124 Å². The number of nitrogens with one attached hydrogen (secondary N) is 2. The molecule has 0 fully saturated rings. The number of ether oxygens (including phenoxy) is 1. The number of amides is 1. The standard InChI is InChI=1S/C16H19N3O2/c1-2-11-21-15-9-7-13(8-10-15)18-16(20)12-3-5-14(19-17)6-4-12/h3-10,19H,2,11,17H2,1H3,(H,18,20). The maximum Gasteiger partial charge on any atom is 0.255 e. The summed E-state index contributed by atoms with van der Waals surface area (Å²) in [5, 5.41) is 2.83. The first-order valence-corrected chi connectivity index (χ1v) is 6.84. The summed E-state index contributed by atoms with van der Waals surface area (Å²) in [5.41, 5.74) is 4.57. The zero-order chi connectivity index (χ0) is 15.1. The highest BCUT2D eigenvalue weighted by Gasteiger charge is 2.06. The van der Waals surface area contributed by atoms with Crippen molar-refractivity contribution in [2.75, 3.05) is 17.3 Å². The molecule has 0 radical (unpaired) electrons. The highest BCUT2D eigenvalue weighted by atomic mass is 16.5. The fourth-order valence-corrected chi connectivity index (χ4v) is 1.78. The molecular weight excluding hydrogens is 266 g/mol. The van der Waals surface area contributed by atoms with Gasteiger partial charge in [-0.05, 0) is 55.0 Å². The van der Waals surface area contributed by atoms with E-state index >= 15 is 0 Å². The normalized spacial score (nSPS) is 10.0. The summed E-state index contributed by atoms with van der Waals surface area (Å²) in [6.45, 7) is 2.74. The summed E-state index contributed by atoms with van der Waals surface area (Å²) in [6.07, 6.45) is 0.964. The second kappa shape index (κ2) is 7.31. The Morgan fingerprint density at radius 3 is 2.24 bits per heavy atom. The van der Waals surface area contributed by atoms with Crippen molar-refractivity contribution in [3.63, 3.8) is 0 Å². The molecule has 2 aromatic rings. The van der Waals surface area contributed by atoms with Gasteiger partial charge in [-0.1, -0.05) is 6.92 Å². The summed E-state index contributed by atoms with van der Waals surface area (Å²) in [4.78, 5) is 12.1. The Balaban J connectivity index is 1.98. The van der Waals surface area contributed by atoms with Gasteiger partial charge < -0.3 is 15.5 Å². The van der Waals surface area contributed by atoms with Crippen molar-refractivity contribution in [2.24, 2.45) is 5.84 Å². The van der Waals surface area contributed by atoms with Gasteiger partial charge in [-0.2, -0.15) is 0 Å². The van der Waals surface area contributed by atoms with Crippen LogP contribution in [-0.4, -0.2) is 12.5 Å². The zero-order valence-corrected chi connectivity index (χ0v) is 11.9. The highest BCUT2D eigenvalue weighted by Crippen LogP contribution is 2.17. The van der Waals surface area contributed by atoms with Gasteiger partial charge in [0.05, 0.1) is 6.61 Å². The Hall–Kier alpha value is -2.53. The molecule has 0 spiro atoms. The molecule has 0 bridgehead atoms. The third-order valence-electron chi connectivity index (χ3n) is 2.90. The lowest BCUT2D eigenvalue weighted by atomic mass is 10.2. The second-order valence-electron chi connectivity index (χ2n) is 4.55. The Bertz CT molecular complexity index is 579. The molecule has 0 aliphatic heterocycles. The second-order valence-corrected chi connectivity index (χ2v) is 4.55. The Kier molecular flexibility index (Phi) is 5.17. The lowest BCUT2D eigenvalue weighted by molar-refractivity contribution is 0.102. The summed E-state index contributed by atoms with van der Waals surface area (Å²) in [5.74, 6) is 5.92. The van der Waals surface area contributed by atoms with Crippen LogP contribution in [0.5, 0.6) is 5.75 Å². The van der Waals surface area contributed by atoms with Gasteiger partial charge in [0.25, 0.3) is 5.91 Å². The van der Waals surface area contributed by atoms with Crippen LogP contribution in [0.3, 0.4) is 0 Å². The predicted molar refractivity (Wildman–Crippen MR) is 84.4 cm³/mol. The fraction of sp³-hybridized carbons (Fsp3) is 0.188. The largest absolute Gasteiger partial charge is 0.494 e. The molecule has 2 rings (SSSR count). The van der Waals surface area contributed by atoms with E-state index in [-0.39, 0.29) is 5.91 Å². The van der Waals surface area contributed by atoms with Crippen LogP contribution in [0.2, 0.25) is 0 Å². The topological polar surface area (TPSA) is 76.4 Å². The number of hydrazine groups is 1. The van der Waals surface area contributed by atoms with E-state index in [0.717, 1.165) is 23.5 Å². The molecule has 2 aromatic carbocycles. The number of carbonyl (C=O) groups is 1. The molecule has 0 saturated heterocycles. The molecule has 5 nitrogen and oxygen atoms in total. The van der Waals surface area contributed by atoms with Crippen molar-refractivity contribution in [3.05, 3.63) is 54.1 Å². The number of benzene rings is 2. The molecule has 0 aromatic heterocycles. The summed E-state index contributed by atoms with van der Waals surface area (Å²) in [7, 11) is 0. The molecule has 1 amide bonds. The van der Waals surface area contributed by atoms with E-state index in [0.29, 0.717) is 12.2 Å². The molecule has 4 N–H and O–H groups in total. The van der Waals surface area contributed by atoms with Gasteiger partial charge in [0.15, 0.2) is 0 Å². The molecule has 0 aliphatic rings. The molecular formula is C16H19N3O2. The maximum atomic E-state index is 12.1. The van der Waals surface area contributed by atoms with E-state index in [4.69, 9.17) is 10.6 Å². The van der Waals surface area contributed by atoms with Crippen molar-refractivity contribution in [1.82, 2.24) is 0 Å². The Morgan fingerprint density at radius 1 is 1.05 bits per heavy atom. The highest BCUT2D eigenvalue weighted by molar-refractivity contribution is 6.04. The molecule has 0 saturated carbocycles. The molecule has 110 valence electrons. The van der Waals surface area contributed by atoms with E-state index in [1.165, 1.54) is 0 Å². The SMILES string of the molecule is CCCOc1ccc(NC(=O)c2ccc(NN)cc2)cc1. The van der Waals surface area contributed by atoms with Crippen molar-refractivity contribution in [3.8, 4) is 5.75 Å². The molecule has 0 atom stereocenters. The zero-order valence-electron chi connectivity index (χ0n) is 11.9. The Morgan fingerprint density at radius 2 is 1.67 bits per heavy atom. The monoisotopic (exact) mass is 285 g/mol. The maximum absolute atomic E-state index is 12.1. The average Bonchev–Trinajstić information content (AvgIpc) is 2.54. The van der Waals surface area contributed by atoms with Crippen molar-refractivity contribution < 1.29 is 9.53 Å². The molecule has 0 unspecified atom stereocenters. The van der Waals surface area contributed by atoms with Crippen LogP contribution < -0.4 is 21.3 Å². The van der Waals surface area contributed by atoms with Gasteiger partial charge in [-0.3, -0.25) is 10.6 Å². The molecule has 0 heterocycles. The van der Waals surface area contributed by atoms with Gasteiger partial charge in [0.1, 0.15) is 5.75 Å². The number of hydrogen-bond acceptors (Lipinski definition) is 4.